The molecule has 0 spiro atoms. The second-order valence-electron chi connectivity index (χ2n) is 15.1. The highest BCUT2D eigenvalue weighted by molar-refractivity contribution is 7.47. The normalized spacial score (nSPS) is 17.8. The number of phosphoric ester groups is 1. The molecule has 56 heavy (non-hydrogen) atoms. The third-order valence-electron chi connectivity index (χ3n) is 9.70. The molecule has 1 fully saturated rings. The number of rotatable bonds is 40. The number of hydrogen-bond donors (Lipinski definition) is 3. The van der Waals surface area contributed by atoms with Crippen molar-refractivity contribution in [3.05, 3.63) is 36.5 Å². The number of ether oxygens (including phenoxy) is 3. The van der Waals surface area contributed by atoms with Crippen LogP contribution in [-0.4, -0.2) is 77.9 Å². The molecule has 3 unspecified atom stereocenters. The molecule has 1 saturated heterocycles. The quantitative estimate of drug-likeness (QED) is 0.0177. The summed E-state index contributed by atoms with van der Waals surface area (Å²) in [5, 5.41) is 18.3. The Labute approximate surface area is 339 Å². The first-order chi connectivity index (χ1) is 27.2. The summed E-state index contributed by atoms with van der Waals surface area (Å²) < 4.78 is 38.4. The van der Waals surface area contributed by atoms with Crippen LogP contribution in [0.15, 0.2) is 36.5 Å². The van der Waals surface area contributed by atoms with Gasteiger partial charge >= 0.3 is 19.8 Å². The first-order valence-corrected chi connectivity index (χ1v) is 23.6. The van der Waals surface area contributed by atoms with E-state index in [1.54, 1.807) is 0 Å². The van der Waals surface area contributed by atoms with Crippen molar-refractivity contribution >= 4 is 19.8 Å². The minimum atomic E-state index is -4.63. The highest BCUT2D eigenvalue weighted by Gasteiger charge is 2.36. The number of carbonyl (C=O) groups excluding carboxylic acids is 2. The van der Waals surface area contributed by atoms with Crippen molar-refractivity contribution in [1.29, 1.82) is 0 Å². The van der Waals surface area contributed by atoms with E-state index < -0.39 is 51.8 Å². The predicted molar refractivity (Wildman–Crippen MR) is 223 cm³/mol. The smallest absolute Gasteiger partial charge is 0.462 e. The van der Waals surface area contributed by atoms with Crippen LogP contribution in [0, 0.1) is 0 Å². The number of phosphoric acid groups is 1. The minimum Gasteiger partial charge on any atom is -0.462 e. The van der Waals surface area contributed by atoms with E-state index in [2.05, 4.69) is 48.8 Å². The Morgan fingerprint density at radius 1 is 0.625 bits per heavy atom. The van der Waals surface area contributed by atoms with Gasteiger partial charge in [0.1, 0.15) is 12.7 Å². The number of aliphatic hydroxyl groups is 2. The molecule has 0 bridgehead atoms. The van der Waals surface area contributed by atoms with Crippen molar-refractivity contribution in [2.75, 3.05) is 26.4 Å². The summed E-state index contributed by atoms with van der Waals surface area (Å²) in [6, 6.07) is 0. The van der Waals surface area contributed by atoms with Gasteiger partial charge in [0.05, 0.1) is 32.0 Å². The van der Waals surface area contributed by atoms with Gasteiger partial charge in [-0.3, -0.25) is 18.6 Å². The van der Waals surface area contributed by atoms with E-state index in [-0.39, 0.29) is 19.4 Å². The van der Waals surface area contributed by atoms with Gasteiger partial charge < -0.3 is 29.3 Å². The Kier molecular flexibility index (Phi) is 33.8. The summed E-state index contributed by atoms with van der Waals surface area (Å²) in [6.07, 6.45) is 38.6. The van der Waals surface area contributed by atoms with E-state index in [9.17, 15) is 24.2 Å². The van der Waals surface area contributed by atoms with Gasteiger partial charge in [-0.15, -0.1) is 0 Å². The van der Waals surface area contributed by atoms with E-state index in [4.69, 9.17) is 23.8 Å². The van der Waals surface area contributed by atoms with Crippen LogP contribution >= 0.6 is 7.82 Å². The standard InChI is InChI=1S/C44H79O11P/c1-3-5-7-9-11-12-13-14-15-16-17-18-21-26-30-34-44(48)54-40(38-53-56(49,50)52-36-39(46)35-45)37-51-43(47)33-29-25-22-19-20-24-28-32-42-41(55-42)31-27-23-10-8-6-4-2/h19,22-24,27-28,39-42,45-46H,3-18,20-21,25-26,29-38H2,1-2H3,(H,49,50)/b22-19-,27-23-,28-24-/t39-,40+,41?,42?/m0/s1. The van der Waals surface area contributed by atoms with E-state index in [0.29, 0.717) is 31.5 Å². The fourth-order valence-electron chi connectivity index (χ4n) is 6.14. The molecule has 1 aliphatic rings. The zero-order valence-electron chi connectivity index (χ0n) is 35.0. The van der Waals surface area contributed by atoms with Gasteiger partial charge in [-0.05, 0) is 51.4 Å². The molecule has 326 valence electrons. The predicted octanol–water partition coefficient (Wildman–Crippen LogP) is 10.5. The summed E-state index contributed by atoms with van der Waals surface area (Å²) in [6.45, 7) is 2.29. The fraction of sp³-hybridized carbons (Fsp3) is 0.818. The molecule has 1 rings (SSSR count). The topological polar surface area (TPSA) is 161 Å². The molecule has 1 aliphatic heterocycles. The second kappa shape index (κ2) is 36.2. The molecular formula is C44H79O11P. The van der Waals surface area contributed by atoms with Crippen LogP contribution in [0.4, 0.5) is 0 Å². The van der Waals surface area contributed by atoms with Gasteiger partial charge in [0.2, 0.25) is 0 Å². The molecule has 11 nitrogen and oxygen atoms in total. The lowest BCUT2D eigenvalue weighted by atomic mass is 10.0. The number of aliphatic hydroxyl groups excluding tert-OH is 2. The fourth-order valence-corrected chi connectivity index (χ4v) is 6.93. The number of unbranched alkanes of at least 4 members (excludes halogenated alkanes) is 18. The van der Waals surface area contributed by atoms with Crippen LogP contribution < -0.4 is 0 Å². The van der Waals surface area contributed by atoms with Crippen LogP contribution in [0.3, 0.4) is 0 Å². The number of carbonyl (C=O) groups is 2. The van der Waals surface area contributed by atoms with Gasteiger partial charge in [-0.1, -0.05) is 153 Å². The molecule has 0 aromatic rings. The Hall–Kier alpha value is -1.85. The van der Waals surface area contributed by atoms with Gasteiger partial charge in [-0.2, -0.15) is 0 Å². The summed E-state index contributed by atoms with van der Waals surface area (Å²) in [5.41, 5.74) is 0. The van der Waals surface area contributed by atoms with Crippen molar-refractivity contribution in [2.45, 2.75) is 205 Å². The lowest BCUT2D eigenvalue weighted by molar-refractivity contribution is -0.161. The molecule has 12 heteroatoms. The molecule has 0 saturated carbocycles. The Morgan fingerprint density at radius 2 is 1.11 bits per heavy atom. The third-order valence-corrected chi connectivity index (χ3v) is 10.7. The third kappa shape index (κ3) is 33.2. The van der Waals surface area contributed by atoms with Crippen molar-refractivity contribution in [3.8, 4) is 0 Å². The Bertz CT molecular complexity index is 1090. The Morgan fingerprint density at radius 3 is 1.71 bits per heavy atom. The maximum absolute atomic E-state index is 12.6. The second-order valence-corrected chi connectivity index (χ2v) is 16.6. The van der Waals surface area contributed by atoms with E-state index >= 15 is 0 Å². The van der Waals surface area contributed by atoms with Gasteiger partial charge in [-0.25, -0.2) is 4.57 Å². The van der Waals surface area contributed by atoms with Gasteiger partial charge in [0.25, 0.3) is 0 Å². The van der Waals surface area contributed by atoms with Crippen LogP contribution in [0.1, 0.15) is 181 Å². The Balaban J connectivity index is 2.28. The maximum atomic E-state index is 12.6. The highest BCUT2D eigenvalue weighted by atomic mass is 31.2. The maximum Gasteiger partial charge on any atom is 0.472 e. The molecule has 0 radical (unpaired) electrons. The first-order valence-electron chi connectivity index (χ1n) is 22.1. The van der Waals surface area contributed by atoms with E-state index in [1.807, 2.05) is 6.08 Å². The zero-order valence-corrected chi connectivity index (χ0v) is 35.9. The van der Waals surface area contributed by atoms with E-state index in [0.717, 1.165) is 44.9 Å². The molecule has 5 atom stereocenters. The largest absolute Gasteiger partial charge is 0.472 e. The van der Waals surface area contributed by atoms with Crippen LogP contribution in [0.5, 0.6) is 0 Å². The SMILES string of the molecule is CCCCC/C=C\CC1OC1C/C=C\C/C=C\CCCC(=O)OC[C@H](COP(=O)(O)OC[C@@H](O)CO)OC(=O)CCCCCCCCCCCCCCCCC. The molecule has 0 amide bonds. The van der Waals surface area contributed by atoms with Crippen molar-refractivity contribution in [2.24, 2.45) is 0 Å². The monoisotopic (exact) mass is 815 g/mol. The number of esters is 2. The highest BCUT2D eigenvalue weighted by Crippen LogP contribution is 2.43. The van der Waals surface area contributed by atoms with Crippen molar-refractivity contribution < 1.29 is 52.5 Å². The molecule has 3 N–H and O–H groups in total. The molecule has 0 aromatic heterocycles. The van der Waals surface area contributed by atoms with Gasteiger partial charge in [0, 0.05) is 12.8 Å². The number of hydrogen-bond acceptors (Lipinski definition) is 10. The summed E-state index contributed by atoms with van der Waals surface area (Å²) in [7, 11) is -4.63. The van der Waals surface area contributed by atoms with Crippen LogP contribution in [0.25, 0.3) is 0 Å². The average Bonchev–Trinajstić information content (AvgIpc) is 3.94. The average molecular weight is 815 g/mol. The molecule has 1 heterocycles. The summed E-state index contributed by atoms with van der Waals surface area (Å²) >= 11 is 0. The summed E-state index contributed by atoms with van der Waals surface area (Å²) in [4.78, 5) is 35.0. The van der Waals surface area contributed by atoms with Crippen LogP contribution in [-0.2, 0) is 37.4 Å². The van der Waals surface area contributed by atoms with Crippen molar-refractivity contribution in [1.82, 2.24) is 0 Å². The summed E-state index contributed by atoms with van der Waals surface area (Å²) in [5.74, 6) is -0.992. The molecule has 0 aliphatic carbocycles. The van der Waals surface area contributed by atoms with Crippen LogP contribution in [0.2, 0.25) is 0 Å². The first kappa shape index (κ1) is 52.2. The lowest BCUT2D eigenvalue weighted by Gasteiger charge is -2.20. The number of epoxide rings is 1. The molecular weight excluding hydrogens is 735 g/mol. The number of allylic oxidation sites excluding steroid dienone is 4. The van der Waals surface area contributed by atoms with Gasteiger partial charge in [0.15, 0.2) is 6.10 Å². The molecule has 0 aromatic carbocycles. The minimum absolute atomic E-state index is 0.162. The van der Waals surface area contributed by atoms with Crippen molar-refractivity contribution in [3.63, 3.8) is 0 Å². The zero-order chi connectivity index (χ0) is 41.0. The van der Waals surface area contributed by atoms with E-state index in [1.165, 1.54) is 89.9 Å². The lowest BCUT2D eigenvalue weighted by Crippen LogP contribution is -2.29.